The minimum Gasteiger partial charge on any atom is -0.207 e. The molecule has 99 heavy (non-hydrogen) atoms. The molecular formula is C94H107FN4+4. The van der Waals surface area contributed by atoms with Crippen LogP contribution in [0, 0.1) is 75.1 Å². The zero-order chi connectivity index (χ0) is 69.3. The van der Waals surface area contributed by atoms with Gasteiger partial charge in [0.25, 0.3) is 0 Å². The van der Waals surface area contributed by atoms with Crippen LogP contribution in [0.3, 0.4) is 0 Å². The van der Waals surface area contributed by atoms with E-state index in [0.717, 1.165) is 47.1 Å². The Labute approximate surface area is 591 Å². The summed E-state index contributed by atoms with van der Waals surface area (Å²) in [5.74, 6) is 2.60. The van der Waals surface area contributed by atoms with E-state index in [1.165, 1.54) is 234 Å². The molecule has 0 atom stereocenters. The third kappa shape index (κ3) is 14.3. The van der Waals surface area contributed by atoms with Gasteiger partial charge >= 0.3 is 0 Å². The lowest BCUT2D eigenvalue weighted by Gasteiger charge is -2.14. The van der Waals surface area contributed by atoms with Gasteiger partial charge in [0.15, 0.2) is 0 Å². The molecule has 0 saturated heterocycles. The van der Waals surface area contributed by atoms with E-state index < -0.39 is 0 Å². The van der Waals surface area contributed by atoms with Gasteiger partial charge < -0.3 is 0 Å². The summed E-state index contributed by atoms with van der Waals surface area (Å²) in [7, 11) is 8.73. The summed E-state index contributed by atoms with van der Waals surface area (Å²) in [6.07, 6.45) is 21.1. The first-order valence-electron chi connectivity index (χ1n) is 37.5. The van der Waals surface area contributed by atoms with Crippen molar-refractivity contribution in [2.24, 2.45) is 28.2 Å². The zero-order valence-corrected chi connectivity index (χ0v) is 62.0. The zero-order valence-electron chi connectivity index (χ0n) is 62.0. The van der Waals surface area contributed by atoms with E-state index in [-0.39, 0.29) is 5.82 Å². The van der Waals surface area contributed by atoms with Crippen LogP contribution in [0.15, 0.2) is 176 Å². The quantitative estimate of drug-likeness (QED) is 0.135. The fourth-order valence-electron chi connectivity index (χ4n) is 17.7. The molecule has 4 fully saturated rings. The van der Waals surface area contributed by atoms with Crippen LogP contribution in [0.4, 0.5) is 4.39 Å². The van der Waals surface area contributed by atoms with Crippen LogP contribution in [-0.2, 0) is 28.2 Å². The van der Waals surface area contributed by atoms with Gasteiger partial charge in [-0.3, -0.25) is 0 Å². The second-order valence-electron chi connectivity index (χ2n) is 30.5. The number of fused-ring (bicyclic) bond motifs is 4. The number of hydrogen-bond donors (Lipinski definition) is 0. The van der Waals surface area contributed by atoms with Crippen molar-refractivity contribution in [1.29, 1.82) is 0 Å². The van der Waals surface area contributed by atoms with Crippen molar-refractivity contribution in [2.45, 2.75) is 196 Å². The molecular weight excluding hydrogens is 1200 g/mol. The van der Waals surface area contributed by atoms with Crippen molar-refractivity contribution in [1.82, 2.24) is 0 Å². The second-order valence-corrected chi connectivity index (χ2v) is 30.5. The van der Waals surface area contributed by atoms with Crippen LogP contribution in [0.2, 0.25) is 0 Å². The highest BCUT2D eigenvalue weighted by atomic mass is 19.1. The molecule has 0 N–H and O–H groups in total. The van der Waals surface area contributed by atoms with Crippen molar-refractivity contribution in [2.75, 3.05) is 0 Å². The molecule has 0 bridgehead atoms. The first kappa shape index (κ1) is 68.8. The molecule has 4 nitrogen and oxygen atoms in total. The Kier molecular flexibility index (Phi) is 20.6. The maximum atomic E-state index is 14.6. The third-order valence-corrected chi connectivity index (χ3v) is 23.7. The Morgan fingerprint density at radius 3 is 1.13 bits per heavy atom. The minimum atomic E-state index is -0.0427. The van der Waals surface area contributed by atoms with Gasteiger partial charge in [0.05, 0.1) is 5.39 Å². The lowest BCUT2D eigenvalue weighted by Crippen LogP contribution is -2.32. The molecule has 0 unspecified atom stereocenters. The molecule has 5 heteroatoms. The van der Waals surface area contributed by atoms with Crippen LogP contribution >= 0.6 is 0 Å². The summed E-state index contributed by atoms with van der Waals surface area (Å²) in [6.45, 7) is 21.9. The van der Waals surface area contributed by atoms with Crippen LogP contribution in [0.1, 0.15) is 204 Å². The topological polar surface area (TPSA) is 15.5 Å². The standard InChI is InChI=1S/2C24H28N.C23H25FN.C23H26N/c1-16-14-17(2)18(3)22(15-16)24-13-12-21-20(19-8-5-6-9-19)10-7-11-23(21)25(24)4;1-16-13-17(2)18(3)22(14-16)23-12-11-20-9-10-21(15-24(20)25(23)4)19-7-5-6-8-19;1-15-8-9-16(2)19(14-15)22-12-10-18-21(25(22)3)13-11-20(24)23(18)17-6-4-5-7-17;1-16-8-9-17(2)21(14-16)22-13-12-19-10-11-20(15-23(19)24(22)3)18-6-4-5-7-18/h7,10-15,19H,5-6,8-9H2,1-4H3;9-15,19H,5-8H2,1-4H3;8-14,17H,4-7H2,1-3H3;8-15,18H,4-7H2,1-3H3/q4*+1. The molecule has 0 spiro atoms. The molecule has 0 radical (unpaired) electrons. The lowest BCUT2D eigenvalue weighted by molar-refractivity contribution is -0.633. The van der Waals surface area contributed by atoms with Crippen LogP contribution in [0.25, 0.3) is 88.6 Å². The van der Waals surface area contributed by atoms with Crippen molar-refractivity contribution in [3.63, 3.8) is 0 Å². The molecule has 8 aromatic carbocycles. The van der Waals surface area contributed by atoms with Gasteiger partial charge in [0, 0.05) is 92.5 Å². The van der Waals surface area contributed by atoms with Crippen LogP contribution in [0.5, 0.6) is 0 Å². The summed E-state index contributed by atoms with van der Waals surface area (Å²) in [5.41, 5.74) is 34.4. The smallest absolute Gasteiger partial charge is 0.207 e. The molecule has 16 rings (SSSR count). The van der Waals surface area contributed by atoms with Gasteiger partial charge in [-0.05, 0) is 261 Å². The summed E-state index contributed by atoms with van der Waals surface area (Å²) >= 11 is 0. The fourth-order valence-corrected chi connectivity index (χ4v) is 17.7. The molecule has 506 valence electrons. The Balaban J connectivity index is 0.000000119. The predicted molar refractivity (Wildman–Crippen MR) is 414 cm³/mol. The average Bonchev–Trinajstić information content (AvgIpc) is 1.51. The Bertz CT molecular complexity index is 4930. The molecule has 4 aliphatic carbocycles. The van der Waals surface area contributed by atoms with Gasteiger partial charge in [0.2, 0.25) is 44.8 Å². The molecule has 0 aliphatic heterocycles. The van der Waals surface area contributed by atoms with Gasteiger partial charge in [-0.1, -0.05) is 134 Å². The third-order valence-electron chi connectivity index (χ3n) is 23.7. The number of halogens is 1. The van der Waals surface area contributed by atoms with Crippen LogP contribution < -0.4 is 18.3 Å². The van der Waals surface area contributed by atoms with Crippen molar-refractivity contribution < 1.29 is 22.7 Å². The number of hydrogen-bond acceptors (Lipinski definition) is 0. The summed E-state index contributed by atoms with van der Waals surface area (Å²) in [5, 5.41) is 5.16. The summed E-state index contributed by atoms with van der Waals surface area (Å²) < 4.78 is 24.0. The van der Waals surface area contributed by atoms with E-state index in [2.05, 4.69) is 279 Å². The number of nitrogens with zero attached hydrogens (tertiary/aromatic N) is 4. The molecule has 4 aromatic heterocycles. The number of aryl methyl sites for hydroxylation is 12. The van der Waals surface area contributed by atoms with Gasteiger partial charge in [0.1, 0.15) is 34.0 Å². The van der Waals surface area contributed by atoms with Gasteiger partial charge in [-0.15, -0.1) is 0 Å². The fraction of sp³-hybridized carbons (Fsp3) is 0.362. The molecule has 4 aliphatic rings. The SMILES string of the molecule is Cc1cc(C)c(C)c(-c2ccc3c(C4CCCC4)cccc3[n+]2C)c1.Cc1cc(C)c(C)c(-c2ccc3ccc(C4CCCC4)cc3[n+]2C)c1.Cc1ccc(C)c(-c2ccc3c(C4CCCC4)c(F)ccc3[n+]2C)c1.Cc1ccc(C)c(-c2ccc3ccc(C4CCCC4)cc3[n+]2C)c1. The Hall–Kier alpha value is -8.67. The van der Waals surface area contributed by atoms with E-state index in [1.54, 1.807) is 11.6 Å². The minimum absolute atomic E-state index is 0.0427. The molecule has 4 saturated carbocycles. The first-order valence-corrected chi connectivity index (χ1v) is 37.5. The molecule has 12 aromatic rings. The predicted octanol–water partition coefficient (Wildman–Crippen LogP) is 23.2. The normalized spacial score (nSPS) is 15.2. The first-order chi connectivity index (χ1) is 47.8. The van der Waals surface area contributed by atoms with E-state index >= 15 is 0 Å². The molecule has 4 heterocycles. The maximum absolute atomic E-state index is 14.6. The van der Waals surface area contributed by atoms with Crippen LogP contribution in [-0.4, -0.2) is 0 Å². The van der Waals surface area contributed by atoms with E-state index in [4.69, 9.17) is 0 Å². The van der Waals surface area contributed by atoms with Gasteiger partial charge in [-0.2, -0.15) is 18.3 Å². The maximum Gasteiger partial charge on any atom is 0.213 e. The van der Waals surface area contributed by atoms with E-state index in [9.17, 15) is 4.39 Å². The van der Waals surface area contributed by atoms with Gasteiger partial charge in [-0.25, -0.2) is 4.39 Å². The highest BCUT2D eigenvalue weighted by molar-refractivity contribution is 5.85. The van der Waals surface area contributed by atoms with E-state index in [1.807, 2.05) is 6.07 Å². The lowest BCUT2D eigenvalue weighted by atomic mass is 9.92. The van der Waals surface area contributed by atoms with Crippen molar-refractivity contribution in [3.8, 4) is 45.0 Å². The van der Waals surface area contributed by atoms with Crippen molar-refractivity contribution in [3.05, 3.63) is 260 Å². The Morgan fingerprint density at radius 1 is 0.293 bits per heavy atom. The number of aromatic nitrogens is 4. The number of rotatable bonds is 8. The monoisotopic (exact) mass is 1310 g/mol. The summed E-state index contributed by atoms with van der Waals surface area (Å²) in [4.78, 5) is 0. The molecule has 0 amide bonds. The van der Waals surface area contributed by atoms with Crippen molar-refractivity contribution >= 4 is 43.6 Å². The Morgan fingerprint density at radius 2 is 0.667 bits per heavy atom. The number of pyridine rings is 4. The largest absolute Gasteiger partial charge is 0.213 e. The summed E-state index contributed by atoms with van der Waals surface area (Å²) in [6, 6.07) is 65.1. The highest BCUT2D eigenvalue weighted by Crippen LogP contribution is 2.42. The second kappa shape index (κ2) is 29.6. The average molecular weight is 1310 g/mol. The highest BCUT2D eigenvalue weighted by Gasteiger charge is 2.29. The number of benzene rings is 8. The van der Waals surface area contributed by atoms with E-state index in [0.29, 0.717) is 5.92 Å².